The third-order valence-corrected chi connectivity index (χ3v) is 16.1. The summed E-state index contributed by atoms with van der Waals surface area (Å²) in [6, 6.07) is 31.6. The third kappa shape index (κ3) is 30.9. The van der Waals surface area contributed by atoms with Crippen molar-refractivity contribution in [3.8, 4) is 0 Å². The number of Topliss-reactive ketones (excluding diaryl/α,β-unsaturated/α-hetero) is 1. The Balaban J connectivity index is 0.000000299. The smallest absolute Gasteiger partial charge is 1.00 e. The Bertz CT molecular complexity index is 3680. The molecule has 5 aliphatic rings. The molecule has 8 aromatic rings. The number of anilines is 2. The molecular weight excluding hydrogens is 1590 g/mol. The van der Waals surface area contributed by atoms with Crippen LogP contribution in [0.15, 0.2) is 131 Å². The van der Waals surface area contributed by atoms with E-state index >= 15 is 0 Å². The van der Waals surface area contributed by atoms with Crippen LogP contribution in [0.3, 0.4) is 0 Å². The maximum atomic E-state index is 11.9. The SMILES string of the molecule is Brc1ccc2[nH]ccc2c1.C1CCNC1.CC(C)(C)OC(=O)OC(=O)OC(C)(C)C.CC(C)(C)OC(=O)n1ccc2cc(Br)ccc21.CN1CC=C(c2c[nH]c3ccc(N4CCCC4)cc23)CC1.CN1CCC(=O)CC1.O=CO[O-].[Cs+].[Cs+].[H-].c1cc2cc(N3CCCC3)ccc2[nH]1. The van der Waals surface area contributed by atoms with Crippen LogP contribution in [0.2, 0.25) is 0 Å². The summed E-state index contributed by atoms with van der Waals surface area (Å²) < 4.78 is 22.8. The molecule has 4 saturated heterocycles. The van der Waals surface area contributed by atoms with Gasteiger partial charge < -0.3 is 70.4 Å². The molecule has 96 heavy (non-hydrogen) atoms. The van der Waals surface area contributed by atoms with Gasteiger partial charge in [0.25, 0.3) is 6.47 Å². The first-order chi connectivity index (χ1) is 44.7. The van der Waals surface area contributed by atoms with Crippen molar-refractivity contribution in [2.75, 3.05) is 89.3 Å². The fraction of sp³-hybridized carbons (Fsp3) is 0.458. The van der Waals surface area contributed by atoms with Gasteiger partial charge in [0.05, 0.1) is 5.52 Å². The Morgan fingerprint density at radius 2 is 1.04 bits per heavy atom. The van der Waals surface area contributed by atoms with Crippen LogP contribution in [-0.4, -0.2) is 156 Å². The first-order valence-electron chi connectivity index (χ1n) is 32.2. The molecule has 13 rings (SSSR count). The summed E-state index contributed by atoms with van der Waals surface area (Å²) in [4.78, 5) is 75.1. The van der Waals surface area contributed by atoms with Gasteiger partial charge in [-0.1, -0.05) is 37.9 Å². The van der Waals surface area contributed by atoms with Crippen molar-refractivity contribution < 1.29 is 192 Å². The Morgan fingerprint density at radius 3 is 1.52 bits per heavy atom. The molecule has 4 fully saturated rings. The van der Waals surface area contributed by atoms with Crippen LogP contribution >= 0.6 is 31.9 Å². The van der Waals surface area contributed by atoms with E-state index in [-0.39, 0.29) is 152 Å². The summed E-state index contributed by atoms with van der Waals surface area (Å²) in [5.41, 5.74) is 8.30. The number of ketones is 1. The molecule has 0 aliphatic carbocycles. The zero-order chi connectivity index (χ0) is 68.4. The van der Waals surface area contributed by atoms with E-state index in [4.69, 9.17) is 24.3 Å². The number of hydrogen-bond donors (Lipinski definition) is 4. The number of likely N-dealkylation sites (N-methyl/N-ethyl adjacent to an activating group) is 1. The number of likely N-dealkylation sites (tertiary alicyclic amines) is 1. The minimum absolute atomic E-state index is 0. The van der Waals surface area contributed by atoms with Crippen molar-refractivity contribution in [3.05, 3.63) is 136 Å². The number of ether oxygens (including phenoxy) is 4. The molecule has 512 valence electrons. The van der Waals surface area contributed by atoms with Gasteiger partial charge in [0.15, 0.2) is 0 Å². The van der Waals surface area contributed by atoms with Crippen molar-refractivity contribution in [1.82, 2.24) is 34.6 Å². The summed E-state index contributed by atoms with van der Waals surface area (Å²) in [5, 5.41) is 16.6. The fourth-order valence-electron chi connectivity index (χ4n) is 10.5. The molecule has 24 heteroatoms. The average Bonchev–Trinajstić information content (AvgIpc) is 1.68. The minimum atomic E-state index is -1.06. The number of carbonyl (C=O) groups excluding carboxylic acids is 5. The van der Waals surface area contributed by atoms with E-state index in [0.29, 0.717) is 5.78 Å². The number of fused-ring (bicyclic) bond motifs is 4. The van der Waals surface area contributed by atoms with E-state index in [1.807, 2.05) is 70.5 Å². The van der Waals surface area contributed by atoms with Crippen LogP contribution < -0.4 is 158 Å². The summed E-state index contributed by atoms with van der Waals surface area (Å²) in [5.74, 6) is 0.420. The van der Waals surface area contributed by atoms with Gasteiger partial charge in [-0.3, -0.25) is 14.2 Å². The summed E-state index contributed by atoms with van der Waals surface area (Å²) in [7, 11) is 4.24. The topological polar surface area (TPSA) is 232 Å². The normalized spacial score (nSPS) is 15.4. The number of H-pyrrole nitrogens is 3. The van der Waals surface area contributed by atoms with Crippen LogP contribution in [0.25, 0.3) is 49.2 Å². The van der Waals surface area contributed by atoms with Gasteiger partial charge in [0.1, 0.15) is 22.6 Å². The predicted molar refractivity (Wildman–Crippen MR) is 383 cm³/mol. The molecule has 0 amide bonds. The first kappa shape index (κ1) is 85.0. The van der Waals surface area contributed by atoms with Crippen LogP contribution in [0.4, 0.5) is 25.8 Å². The van der Waals surface area contributed by atoms with Crippen molar-refractivity contribution in [3.63, 3.8) is 0 Å². The average molecular weight is 1690 g/mol. The molecule has 4 aromatic carbocycles. The summed E-state index contributed by atoms with van der Waals surface area (Å²) in [6.07, 6.45) is 18.6. The predicted octanol–water partition coefficient (Wildman–Crippen LogP) is 9.45. The zero-order valence-corrected chi connectivity index (χ0v) is 74.3. The molecule has 0 atom stereocenters. The number of rotatable bonds is 4. The van der Waals surface area contributed by atoms with Crippen LogP contribution in [0.5, 0.6) is 0 Å². The number of aromatic amines is 3. The number of aromatic nitrogens is 4. The largest absolute Gasteiger partial charge is 1.00 e. The van der Waals surface area contributed by atoms with Crippen molar-refractivity contribution in [2.24, 2.45) is 0 Å². The van der Waals surface area contributed by atoms with E-state index in [9.17, 15) is 19.2 Å². The maximum absolute atomic E-state index is 11.9. The molecule has 0 unspecified atom stereocenters. The van der Waals surface area contributed by atoms with Gasteiger partial charge in [-0.25, -0.2) is 14.4 Å². The zero-order valence-electron chi connectivity index (χ0n) is 59.5. The number of nitrogens with one attached hydrogen (secondary N) is 4. The molecule has 0 radical (unpaired) electrons. The molecular formula is C72H97Br2Cs2N9O11. The van der Waals surface area contributed by atoms with Gasteiger partial charge in [-0.15, -0.1) is 0 Å². The quantitative estimate of drug-likeness (QED) is 0.0321. The van der Waals surface area contributed by atoms with Crippen LogP contribution in [0.1, 0.15) is 127 Å². The van der Waals surface area contributed by atoms with Gasteiger partial charge in [-0.05, 0) is 231 Å². The van der Waals surface area contributed by atoms with E-state index in [1.54, 1.807) is 47.7 Å². The molecule has 20 nitrogen and oxygen atoms in total. The van der Waals surface area contributed by atoms with Gasteiger partial charge in [-0.2, -0.15) is 0 Å². The Morgan fingerprint density at radius 1 is 0.562 bits per heavy atom. The second kappa shape index (κ2) is 42.8. The Labute approximate surface area is 702 Å². The number of benzene rings is 4. The van der Waals surface area contributed by atoms with E-state index in [2.05, 4.69) is 161 Å². The second-order valence-corrected chi connectivity index (χ2v) is 28.2. The molecule has 0 spiro atoms. The van der Waals surface area contributed by atoms with Crippen molar-refractivity contribution >= 4 is 123 Å². The molecule has 4 aromatic heterocycles. The van der Waals surface area contributed by atoms with Crippen molar-refractivity contribution in [1.29, 1.82) is 0 Å². The van der Waals surface area contributed by atoms with E-state index in [1.165, 1.54) is 138 Å². The fourth-order valence-corrected chi connectivity index (χ4v) is 11.2. The van der Waals surface area contributed by atoms with Gasteiger partial charge in [0, 0.05) is 154 Å². The minimum Gasteiger partial charge on any atom is -1.00 e. The number of nitrogens with zero attached hydrogens (tertiary/aromatic N) is 5. The number of hydrogen-bond acceptors (Lipinski definition) is 16. The van der Waals surface area contributed by atoms with Crippen LogP contribution in [0, 0.1) is 0 Å². The number of carbonyl (C=O) groups is 5. The standard InChI is InChI=1S/C18H23N3.C13H14BrNO2.C12H14N2.C10H18O5.C8H6BrN.C6H11NO.C4H9N.CH2O3.2Cs.H/c1-20-10-6-14(7-11-20)17-13-19-18-5-4-15(12-16(17)18)21-8-2-3-9-21;1-13(2,3)17-12(16)15-7-6-9-8-10(14)4-5-11(9)15;1-2-8-14(7-1)11-3-4-12-10(9-11)5-6-13-12;1-9(2,3)14-7(11)13-8(12)15-10(4,5)6;9-7-1-2-8-6(5-7)3-4-10-8;1-7-4-2-6(8)3-5-7;1-2-4-5-3-1;2-1-4-3;;;/h4-6,12-13,19H,2-3,7-11H2,1H3;4-8H,1-3H3;3-6,9,13H,1-2,7-8H2;1-6H3;1-5,10H;2-5H2,1H3;5H,1-4H2;1,3H;;;/q;;;;;;;;2*+1;-1/p-1. The molecule has 5 aliphatic heterocycles. The number of halogens is 2. The third-order valence-electron chi connectivity index (χ3n) is 15.1. The molecule has 0 bridgehead atoms. The molecule has 9 heterocycles. The van der Waals surface area contributed by atoms with Gasteiger partial charge >= 0.3 is 156 Å². The van der Waals surface area contributed by atoms with Crippen molar-refractivity contribution in [2.45, 2.75) is 137 Å². The van der Waals surface area contributed by atoms with Gasteiger partial charge in [0.2, 0.25) is 0 Å². The van der Waals surface area contributed by atoms with Crippen LogP contribution in [-0.2, 0) is 33.4 Å². The molecule has 4 N–H and O–H groups in total. The van der Waals surface area contributed by atoms with E-state index in [0.717, 1.165) is 65.3 Å². The van der Waals surface area contributed by atoms with E-state index < -0.39 is 29.1 Å². The monoisotopic (exact) mass is 1690 g/mol. The maximum Gasteiger partial charge on any atom is 1.00 e. The summed E-state index contributed by atoms with van der Waals surface area (Å²) in [6.45, 7) is 26.9. The number of piperidine rings is 1. The molecule has 0 saturated carbocycles. The Kier molecular flexibility index (Phi) is 37.9. The Hall–Kier alpha value is -3.37. The first-order valence-corrected chi connectivity index (χ1v) is 33.8. The second-order valence-electron chi connectivity index (χ2n) is 26.4. The summed E-state index contributed by atoms with van der Waals surface area (Å²) >= 11 is 6.81.